The molecule has 0 radical (unpaired) electrons. The van der Waals surface area contributed by atoms with Crippen LogP contribution in [0.3, 0.4) is 0 Å². The maximum absolute atomic E-state index is 12.1. The van der Waals surface area contributed by atoms with Gasteiger partial charge in [0.15, 0.2) is 0 Å². The fourth-order valence-corrected chi connectivity index (χ4v) is 2.61. The zero-order valence-electron chi connectivity index (χ0n) is 10.8. The van der Waals surface area contributed by atoms with E-state index in [-0.39, 0.29) is 28.6 Å². The van der Waals surface area contributed by atoms with E-state index in [2.05, 4.69) is 5.32 Å². The predicted molar refractivity (Wildman–Crippen MR) is 76.7 cm³/mol. The standard InChI is InChI=1S/C13H16ClN3O3/c14-11-7-10(5-6-12(11)17(19)20)16-13(18)8-1-3-9(15)4-2-8/h5-9H,1-4,15H2,(H,16,18). The van der Waals surface area contributed by atoms with E-state index in [1.54, 1.807) is 0 Å². The summed E-state index contributed by atoms with van der Waals surface area (Å²) in [5, 5.41) is 13.4. The lowest BCUT2D eigenvalue weighted by molar-refractivity contribution is -0.384. The van der Waals surface area contributed by atoms with Crippen molar-refractivity contribution in [3.8, 4) is 0 Å². The average molecular weight is 298 g/mol. The summed E-state index contributed by atoms with van der Waals surface area (Å²) in [6, 6.07) is 4.35. The zero-order chi connectivity index (χ0) is 14.7. The molecule has 1 aliphatic rings. The predicted octanol–water partition coefficient (Wildman–Crippen LogP) is 2.70. The molecule has 0 saturated heterocycles. The van der Waals surface area contributed by atoms with Crippen molar-refractivity contribution >= 4 is 28.9 Å². The van der Waals surface area contributed by atoms with Gasteiger partial charge in [-0.3, -0.25) is 14.9 Å². The summed E-state index contributed by atoms with van der Waals surface area (Å²) in [5.41, 5.74) is 6.10. The molecule has 0 bridgehead atoms. The number of anilines is 1. The number of amides is 1. The van der Waals surface area contributed by atoms with Gasteiger partial charge in [-0.15, -0.1) is 0 Å². The van der Waals surface area contributed by atoms with Crippen molar-refractivity contribution in [2.75, 3.05) is 5.32 Å². The molecular formula is C13H16ClN3O3. The van der Waals surface area contributed by atoms with Crippen molar-refractivity contribution in [3.05, 3.63) is 33.3 Å². The number of carbonyl (C=O) groups is 1. The molecule has 108 valence electrons. The Balaban J connectivity index is 2.01. The van der Waals surface area contributed by atoms with E-state index in [0.29, 0.717) is 5.69 Å². The van der Waals surface area contributed by atoms with Crippen molar-refractivity contribution in [1.29, 1.82) is 0 Å². The number of hydrogen-bond acceptors (Lipinski definition) is 4. The van der Waals surface area contributed by atoms with Crippen LogP contribution in [0, 0.1) is 16.0 Å². The zero-order valence-corrected chi connectivity index (χ0v) is 11.6. The molecule has 1 aliphatic carbocycles. The van der Waals surface area contributed by atoms with Crippen LogP contribution >= 0.6 is 11.6 Å². The van der Waals surface area contributed by atoms with Crippen molar-refractivity contribution < 1.29 is 9.72 Å². The van der Waals surface area contributed by atoms with Crippen LogP contribution in [-0.4, -0.2) is 16.9 Å². The number of carbonyl (C=O) groups excluding carboxylic acids is 1. The van der Waals surface area contributed by atoms with Gasteiger partial charge in [-0.05, 0) is 37.8 Å². The minimum atomic E-state index is -0.559. The Labute approximate surface area is 121 Å². The average Bonchev–Trinajstić information content (AvgIpc) is 2.39. The molecule has 1 saturated carbocycles. The minimum absolute atomic E-state index is 0.0125. The summed E-state index contributed by atoms with van der Waals surface area (Å²) < 4.78 is 0. The molecule has 0 unspecified atom stereocenters. The first-order valence-electron chi connectivity index (χ1n) is 6.47. The van der Waals surface area contributed by atoms with Crippen molar-refractivity contribution in [1.82, 2.24) is 0 Å². The van der Waals surface area contributed by atoms with E-state index < -0.39 is 4.92 Å². The van der Waals surface area contributed by atoms with Crippen LogP contribution in [0.15, 0.2) is 18.2 Å². The summed E-state index contributed by atoms with van der Waals surface area (Å²) in [4.78, 5) is 22.2. The van der Waals surface area contributed by atoms with Crippen LogP contribution < -0.4 is 11.1 Å². The normalized spacial score (nSPS) is 22.3. The molecule has 1 aromatic carbocycles. The lowest BCUT2D eigenvalue weighted by atomic mass is 9.86. The third kappa shape index (κ3) is 3.46. The first kappa shape index (κ1) is 14.7. The molecule has 20 heavy (non-hydrogen) atoms. The smallest absolute Gasteiger partial charge is 0.288 e. The first-order valence-corrected chi connectivity index (χ1v) is 6.85. The first-order chi connectivity index (χ1) is 9.47. The van der Waals surface area contributed by atoms with Gasteiger partial charge in [-0.1, -0.05) is 11.6 Å². The van der Waals surface area contributed by atoms with E-state index in [1.165, 1.54) is 18.2 Å². The number of benzene rings is 1. The summed E-state index contributed by atoms with van der Waals surface area (Å²) in [7, 11) is 0. The quantitative estimate of drug-likeness (QED) is 0.662. The van der Waals surface area contributed by atoms with E-state index >= 15 is 0 Å². The Morgan fingerprint density at radius 3 is 2.55 bits per heavy atom. The van der Waals surface area contributed by atoms with Gasteiger partial charge in [-0.2, -0.15) is 0 Å². The number of nitrogens with zero attached hydrogens (tertiary/aromatic N) is 1. The molecule has 2 rings (SSSR count). The highest BCUT2D eigenvalue weighted by molar-refractivity contribution is 6.33. The number of hydrogen-bond donors (Lipinski definition) is 2. The number of nitro benzene ring substituents is 1. The van der Waals surface area contributed by atoms with Gasteiger partial charge in [0.25, 0.3) is 5.69 Å². The van der Waals surface area contributed by atoms with E-state index in [0.717, 1.165) is 25.7 Å². The fraction of sp³-hybridized carbons (Fsp3) is 0.462. The lowest BCUT2D eigenvalue weighted by Gasteiger charge is -2.25. The van der Waals surface area contributed by atoms with Gasteiger partial charge in [0.2, 0.25) is 5.91 Å². The summed E-state index contributed by atoms with van der Waals surface area (Å²) >= 11 is 5.80. The van der Waals surface area contributed by atoms with Crippen molar-refractivity contribution in [2.24, 2.45) is 11.7 Å². The molecule has 0 aliphatic heterocycles. The molecule has 1 amide bonds. The van der Waals surface area contributed by atoms with E-state index in [4.69, 9.17) is 17.3 Å². The van der Waals surface area contributed by atoms with E-state index in [9.17, 15) is 14.9 Å². The van der Waals surface area contributed by atoms with Gasteiger partial charge in [0.05, 0.1) is 4.92 Å². The molecule has 6 nitrogen and oxygen atoms in total. The van der Waals surface area contributed by atoms with Crippen molar-refractivity contribution in [2.45, 2.75) is 31.7 Å². The Kier molecular flexibility index (Phi) is 4.57. The number of nitrogens with one attached hydrogen (secondary N) is 1. The molecule has 0 spiro atoms. The number of halogens is 1. The number of rotatable bonds is 3. The Morgan fingerprint density at radius 1 is 1.35 bits per heavy atom. The second kappa shape index (κ2) is 6.19. The fourth-order valence-electron chi connectivity index (χ4n) is 2.36. The highest BCUT2D eigenvalue weighted by atomic mass is 35.5. The topological polar surface area (TPSA) is 98.3 Å². The van der Waals surface area contributed by atoms with Crippen LogP contribution in [-0.2, 0) is 4.79 Å². The van der Waals surface area contributed by atoms with E-state index in [1.807, 2.05) is 0 Å². The van der Waals surface area contributed by atoms with Gasteiger partial charge < -0.3 is 11.1 Å². The monoisotopic (exact) mass is 297 g/mol. The second-order valence-electron chi connectivity index (χ2n) is 5.02. The maximum atomic E-state index is 12.1. The highest BCUT2D eigenvalue weighted by Gasteiger charge is 2.24. The van der Waals surface area contributed by atoms with Crippen LogP contribution in [0.25, 0.3) is 0 Å². The highest BCUT2D eigenvalue weighted by Crippen LogP contribution is 2.29. The van der Waals surface area contributed by atoms with Crippen LogP contribution in [0.4, 0.5) is 11.4 Å². The van der Waals surface area contributed by atoms with Gasteiger partial charge in [0, 0.05) is 23.7 Å². The molecule has 0 atom stereocenters. The third-order valence-electron chi connectivity index (χ3n) is 3.55. The molecule has 0 aromatic heterocycles. The Hall–Kier alpha value is -1.66. The minimum Gasteiger partial charge on any atom is -0.328 e. The van der Waals surface area contributed by atoms with Crippen LogP contribution in [0.5, 0.6) is 0 Å². The third-order valence-corrected chi connectivity index (χ3v) is 3.86. The SMILES string of the molecule is NC1CCC(C(=O)Nc2ccc([N+](=O)[O-])c(Cl)c2)CC1. The summed E-state index contributed by atoms with van der Waals surface area (Å²) in [6.07, 6.45) is 3.24. The number of nitrogens with two attached hydrogens (primary N) is 1. The van der Waals surface area contributed by atoms with Crippen LogP contribution in [0.2, 0.25) is 5.02 Å². The molecule has 1 aromatic rings. The Bertz CT molecular complexity index is 528. The van der Waals surface area contributed by atoms with Gasteiger partial charge in [0.1, 0.15) is 5.02 Å². The summed E-state index contributed by atoms with van der Waals surface area (Å²) in [5.74, 6) is -0.134. The maximum Gasteiger partial charge on any atom is 0.288 e. The van der Waals surface area contributed by atoms with Gasteiger partial charge in [-0.25, -0.2) is 0 Å². The molecule has 0 heterocycles. The second-order valence-corrected chi connectivity index (χ2v) is 5.43. The Morgan fingerprint density at radius 2 is 2.00 bits per heavy atom. The molecule has 3 N–H and O–H groups in total. The molecular weight excluding hydrogens is 282 g/mol. The van der Waals surface area contributed by atoms with Gasteiger partial charge >= 0.3 is 0 Å². The summed E-state index contributed by atoms with van der Waals surface area (Å²) in [6.45, 7) is 0. The largest absolute Gasteiger partial charge is 0.328 e. The van der Waals surface area contributed by atoms with Crippen molar-refractivity contribution in [3.63, 3.8) is 0 Å². The molecule has 1 fully saturated rings. The van der Waals surface area contributed by atoms with Crippen LogP contribution in [0.1, 0.15) is 25.7 Å². The lowest BCUT2D eigenvalue weighted by Crippen LogP contribution is -2.32. The molecule has 7 heteroatoms. The number of nitro groups is 1.